The van der Waals surface area contributed by atoms with Crippen LogP contribution in [0.5, 0.6) is 0 Å². The van der Waals surface area contributed by atoms with E-state index in [1.54, 1.807) is 0 Å². The van der Waals surface area contributed by atoms with Gasteiger partial charge < -0.3 is 13.8 Å². The molecule has 0 N–H and O–H groups in total. The van der Waals surface area contributed by atoms with Crippen LogP contribution in [0, 0.1) is 0 Å². The maximum absolute atomic E-state index is 6.98. The van der Waals surface area contributed by atoms with Gasteiger partial charge in [-0.05, 0) is 82.4 Å². The maximum Gasteiger partial charge on any atom is 0.333 e. The van der Waals surface area contributed by atoms with Crippen molar-refractivity contribution in [1.82, 2.24) is 4.48 Å². The third-order valence-corrected chi connectivity index (χ3v) is 11.1. The summed E-state index contributed by atoms with van der Waals surface area (Å²) in [5.41, 5.74) is 16.9. The second-order valence-electron chi connectivity index (χ2n) is 13.9. The van der Waals surface area contributed by atoms with Crippen LogP contribution in [0.15, 0.2) is 150 Å². The molecule has 0 saturated heterocycles. The molecule has 2 aromatic heterocycles. The van der Waals surface area contributed by atoms with Crippen molar-refractivity contribution in [1.29, 1.82) is 0 Å². The predicted molar refractivity (Wildman–Crippen MR) is 211 cm³/mol. The molecule has 0 spiro atoms. The minimum absolute atomic E-state index is 0.0331. The smallest absolute Gasteiger partial charge is 0.333 e. The van der Waals surface area contributed by atoms with Gasteiger partial charge in [-0.25, -0.2) is 0 Å². The van der Waals surface area contributed by atoms with Crippen LogP contribution >= 0.6 is 0 Å². The number of unbranched alkanes of at least 4 members (excludes halogenated alkanes) is 1. The van der Waals surface area contributed by atoms with Gasteiger partial charge in [-0.2, -0.15) is 0 Å². The molecule has 4 heteroatoms. The summed E-state index contributed by atoms with van der Waals surface area (Å²) in [7, 11) is 0. The Morgan fingerprint density at radius 3 is 2.32 bits per heavy atom. The zero-order valence-corrected chi connectivity index (χ0v) is 27.9. The van der Waals surface area contributed by atoms with E-state index in [-0.39, 0.29) is 6.85 Å². The summed E-state index contributed by atoms with van der Waals surface area (Å²) in [6, 6.07) is 53.8. The quantitative estimate of drug-likeness (QED) is 0.175. The Balaban J connectivity index is 1.33. The van der Waals surface area contributed by atoms with Crippen molar-refractivity contribution in [3.05, 3.63) is 151 Å². The highest BCUT2D eigenvalue weighted by Crippen LogP contribution is 2.49. The SMILES string of the molecule is CCCCc1cccc(N2c3cc(-c4ccccc4)ccc3B3c4c(cc5c(oc6ccccc65)c42)-c2cccc4c5ccccc5n3c24)c1. The second-order valence-corrected chi connectivity index (χ2v) is 13.9. The van der Waals surface area contributed by atoms with E-state index in [4.69, 9.17) is 4.42 Å². The molecule has 0 radical (unpaired) electrons. The Kier molecular flexibility index (Phi) is 5.86. The van der Waals surface area contributed by atoms with E-state index >= 15 is 0 Å². The molecule has 0 fully saturated rings. The van der Waals surface area contributed by atoms with Gasteiger partial charge in [0, 0.05) is 49.5 Å². The monoisotopic (exact) mass is 640 g/mol. The topological polar surface area (TPSA) is 21.3 Å². The number of fused-ring (bicyclic) bond motifs is 11. The van der Waals surface area contributed by atoms with Crippen molar-refractivity contribution in [2.45, 2.75) is 26.2 Å². The van der Waals surface area contributed by atoms with Crippen LogP contribution in [-0.4, -0.2) is 11.3 Å². The molecule has 0 aliphatic carbocycles. The van der Waals surface area contributed by atoms with Crippen molar-refractivity contribution in [3.63, 3.8) is 0 Å². The highest BCUT2D eigenvalue weighted by atomic mass is 16.3. The fourth-order valence-corrected chi connectivity index (χ4v) is 8.94. The summed E-state index contributed by atoms with van der Waals surface area (Å²) >= 11 is 0. The first-order chi connectivity index (χ1) is 24.8. The van der Waals surface area contributed by atoms with Crippen molar-refractivity contribution in [2.75, 3.05) is 4.90 Å². The number of aryl methyl sites for hydroxylation is 1. The lowest BCUT2D eigenvalue weighted by Gasteiger charge is -2.40. The first kappa shape index (κ1) is 27.9. The van der Waals surface area contributed by atoms with E-state index in [9.17, 15) is 0 Å². The fourth-order valence-electron chi connectivity index (χ4n) is 8.94. The Morgan fingerprint density at radius 2 is 1.42 bits per heavy atom. The fraction of sp³-hybridized carbons (Fsp3) is 0.0870. The second kappa shape index (κ2) is 10.5. The van der Waals surface area contributed by atoms with Crippen LogP contribution in [0.3, 0.4) is 0 Å². The molecule has 0 saturated carbocycles. The van der Waals surface area contributed by atoms with Gasteiger partial charge in [0.25, 0.3) is 0 Å². The molecule has 0 unspecified atom stereocenters. The van der Waals surface area contributed by atoms with E-state index in [2.05, 4.69) is 162 Å². The van der Waals surface area contributed by atoms with Gasteiger partial charge in [0.1, 0.15) is 5.58 Å². The molecule has 3 nitrogen and oxygen atoms in total. The molecule has 236 valence electrons. The van der Waals surface area contributed by atoms with Crippen molar-refractivity contribution in [2.24, 2.45) is 0 Å². The van der Waals surface area contributed by atoms with Gasteiger partial charge in [0.2, 0.25) is 0 Å². The standard InChI is InChI=1S/C46H33BN2O/c1-2-3-13-29-14-11-17-32(26-29)48-41-27-31(30-15-5-4-6-16-30)24-25-39(41)47-43-37(28-38-34-19-8-10-23-42(34)50-46(38)45(43)48)36-21-12-20-35-33-18-7-9-22-40(33)49(47)44(35)36/h4-12,14-28H,2-3,13H2,1H3. The maximum atomic E-state index is 6.98. The zero-order valence-electron chi connectivity index (χ0n) is 27.9. The number of aromatic nitrogens is 1. The van der Waals surface area contributed by atoms with Crippen LogP contribution in [0.1, 0.15) is 25.3 Å². The normalized spacial score (nSPS) is 13.1. The number of furan rings is 1. The summed E-state index contributed by atoms with van der Waals surface area (Å²) in [4.78, 5) is 2.52. The number of hydrogen-bond donors (Lipinski definition) is 0. The van der Waals surface area contributed by atoms with Gasteiger partial charge in [-0.1, -0.05) is 123 Å². The van der Waals surface area contributed by atoms with E-state index in [1.807, 2.05) is 0 Å². The molecule has 0 amide bonds. The lowest BCUT2D eigenvalue weighted by Crippen LogP contribution is -2.56. The number of anilines is 3. The van der Waals surface area contributed by atoms with Gasteiger partial charge in [0.15, 0.2) is 5.58 Å². The van der Waals surface area contributed by atoms with Crippen molar-refractivity contribution in [3.8, 4) is 22.3 Å². The molecule has 4 heterocycles. The minimum Gasteiger partial charge on any atom is -0.454 e. The average molecular weight is 641 g/mol. The molecular formula is C46H33BN2O. The lowest BCUT2D eigenvalue weighted by atomic mass is 9.45. The van der Waals surface area contributed by atoms with E-state index in [0.717, 1.165) is 34.0 Å². The predicted octanol–water partition coefficient (Wildman–Crippen LogP) is 11.1. The number of benzene rings is 7. The molecule has 0 bridgehead atoms. The molecular weight excluding hydrogens is 607 g/mol. The lowest BCUT2D eigenvalue weighted by molar-refractivity contribution is 0.669. The van der Waals surface area contributed by atoms with Crippen molar-refractivity contribution < 1.29 is 4.42 Å². The molecule has 0 atom stereocenters. The zero-order chi connectivity index (χ0) is 32.9. The van der Waals surface area contributed by atoms with Crippen molar-refractivity contribution >= 4 is 78.6 Å². The molecule has 11 rings (SSSR count). The number of rotatable bonds is 5. The summed E-state index contributed by atoms with van der Waals surface area (Å²) in [6.45, 7) is 2.24. The first-order valence-electron chi connectivity index (χ1n) is 17.9. The molecule has 2 aliphatic rings. The highest BCUT2D eigenvalue weighted by molar-refractivity contribution is 6.90. The summed E-state index contributed by atoms with van der Waals surface area (Å²) in [5.74, 6) is 0. The Morgan fingerprint density at radius 1 is 0.620 bits per heavy atom. The van der Waals surface area contributed by atoms with E-state index in [1.165, 1.54) is 84.8 Å². The summed E-state index contributed by atoms with van der Waals surface area (Å²) in [6.07, 6.45) is 3.40. The van der Waals surface area contributed by atoms with E-state index in [0.29, 0.717) is 0 Å². The van der Waals surface area contributed by atoms with Crippen LogP contribution in [-0.2, 0) is 6.42 Å². The largest absolute Gasteiger partial charge is 0.454 e. The molecule has 50 heavy (non-hydrogen) atoms. The van der Waals surface area contributed by atoms with Gasteiger partial charge in [-0.3, -0.25) is 0 Å². The van der Waals surface area contributed by atoms with E-state index < -0.39 is 0 Å². The third kappa shape index (κ3) is 3.76. The number of para-hydroxylation sites is 3. The average Bonchev–Trinajstić information content (AvgIpc) is 3.72. The molecule has 7 aromatic carbocycles. The summed E-state index contributed by atoms with van der Waals surface area (Å²) < 4.78 is 9.60. The number of nitrogens with zero attached hydrogens (tertiary/aromatic N) is 2. The first-order valence-corrected chi connectivity index (χ1v) is 17.9. The van der Waals surface area contributed by atoms with Crippen LogP contribution in [0.25, 0.3) is 66.0 Å². The van der Waals surface area contributed by atoms with Crippen LogP contribution in [0.4, 0.5) is 17.1 Å². The Bertz CT molecular complexity index is 2830. The van der Waals surface area contributed by atoms with Gasteiger partial charge in [-0.15, -0.1) is 0 Å². The molecule has 2 aliphatic heterocycles. The van der Waals surface area contributed by atoms with Crippen LogP contribution in [0.2, 0.25) is 0 Å². The van der Waals surface area contributed by atoms with Gasteiger partial charge in [0.05, 0.1) is 5.69 Å². The number of hydrogen-bond acceptors (Lipinski definition) is 2. The Labute approximate surface area is 291 Å². The molecule has 9 aromatic rings. The third-order valence-electron chi connectivity index (χ3n) is 11.1. The highest BCUT2D eigenvalue weighted by Gasteiger charge is 2.44. The van der Waals surface area contributed by atoms with Gasteiger partial charge >= 0.3 is 6.85 Å². The summed E-state index contributed by atoms with van der Waals surface area (Å²) in [5, 5.41) is 4.90. The van der Waals surface area contributed by atoms with Crippen LogP contribution < -0.4 is 15.8 Å². The Hall–Kier alpha value is -6.00. The minimum atomic E-state index is -0.0331.